The Hall–Kier alpha value is -1.64. The Kier molecular flexibility index (Phi) is 3.80. The minimum absolute atomic E-state index is 0.00281. The fraction of sp³-hybridized carbons (Fsp3) is 0.462. The molecule has 0 unspecified atom stereocenters. The van der Waals surface area contributed by atoms with Crippen LogP contribution in [0, 0.1) is 17.1 Å². The highest BCUT2D eigenvalue weighted by atomic mass is 19.1. The van der Waals surface area contributed by atoms with Gasteiger partial charge in [0.05, 0.1) is 24.4 Å². The van der Waals surface area contributed by atoms with Crippen molar-refractivity contribution in [3.05, 3.63) is 29.6 Å². The van der Waals surface area contributed by atoms with E-state index in [1.165, 1.54) is 6.07 Å². The number of aliphatic hydroxyl groups is 1. The molecule has 0 spiro atoms. The number of benzene rings is 1. The molecule has 1 aromatic carbocycles. The Labute approximate surface area is 105 Å². The quantitative estimate of drug-likeness (QED) is 0.878. The molecule has 1 heterocycles. The van der Waals surface area contributed by atoms with Gasteiger partial charge in [0.1, 0.15) is 17.4 Å². The molecule has 1 N–H and O–H groups in total. The molecular formula is C13H15FN2O2. The van der Waals surface area contributed by atoms with Crippen LogP contribution in [0.3, 0.4) is 0 Å². The second kappa shape index (κ2) is 5.34. The first-order valence-corrected chi connectivity index (χ1v) is 5.80. The molecule has 18 heavy (non-hydrogen) atoms. The van der Waals surface area contributed by atoms with Gasteiger partial charge in [0, 0.05) is 13.7 Å². The molecule has 1 aromatic rings. The summed E-state index contributed by atoms with van der Waals surface area (Å²) < 4.78 is 18.8. The Morgan fingerprint density at radius 1 is 1.61 bits per heavy atom. The smallest absolute Gasteiger partial charge is 0.143 e. The summed E-state index contributed by atoms with van der Waals surface area (Å²) in [7, 11) is 1.61. The molecule has 1 aliphatic heterocycles. The number of hydrogen-bond acceptors (Lipinski definition) is 4. The van der Waals surface area contributed by atoms with Gasteiger partial charge in [-0.05, 0) is 18.6 Å². The van der Waals surface area contributed by atoms with Crippen LogP contribution in [0.25, 0.3) is 0 Å². The van der Waals surface area contributed by atoms with Gasteiger partial charge in [-0.25, -0.2) is 4.39 Å². The largest absolute Gasteiger partial charge is 0.394 e. The normalized spacial score (nSPS) is 23.1. The first-order chi connectivity index (χ1) is 8.71. The van der Waals surface area contributed by atoms with Crippen LogP contribution in [-0.4, -0.2) is 37.5 Å². The number of nitriles is 1. The maximum absolute atomic E-state index is 13.6. The van der Waals surface area contributed by atoms with Crippen molar-refractivity contribution in [3.8, 4) is 6.07 Å². The fourth-order valence-electron chi connectivity index (χ4n) is 2.38. The Balaban J connectivity index is 2.37. The number of hydrogen-bond donors (Lipinski definition) is 1. The van der Waals surface area contributed by atoms with E-state index in [1.807, 2.05) is 11.0 Å². The Morgan fingerprint density at radius 2 is 2.39 bits per heavy atom. The molecule has 1 saturated heterocycles. The van der Waals surface area contributed by atoms with Crippen LogP contribution < -0.4 is 4.90 Å². The SMILES string of the molecule is CO[C@@H]1C[C@@H](CO)N(c2cccc(F)c2C#N)C1. The van der Waals surface area contributed by atoms with Crippen molar-refractivity contribution in [1.82, 2.24) is 0 Å². The number of aliphatic hydroxyl groups excluding tert-OH is 1. The Bertz CT molecular complexity index is 473. The summed E-state index contributed by atoms with van der Waals surface area (Å²) in [5.41, 5.74) is 0.545. The summed E-state index contributed by atoms with van der Waals surface area (Å²) in [4.78, 5) is 1.84. The summed E-state index contributed by atoms with van der Waals surface area (Å²) in [6.07, 6.45) is 0.672. The van der Waals surface area contributed by atoms with Crippen molar-refractivity contribution >= 4 is 5.69 Å². The minimum atomic E-state index is -0.535. The second-order valence-electron chi connectivity index (χ2n) is 4.33. The molecule has 1 fully saturated rings. The lowest BCUT2D eigenvalue weighted by Crippen LogP contribution is -2.33. The molecule has 0 radical (unpaired) electrons. The number of nitrogens with zero attached hydrogens (tertiary/aromatic N) is 2. The number of methoxy groups -OCH3 is 1. The number of rotatable bonds is 3. The predicted molar refractivity (Wildman–Crippen MR) is 64.7 cm³/mol. The van der Waals surface area contributed by atoms with E-state index in [4.69, 9.17) is 10.00 Å². The van der Waals surface area contributed by atoms with E-state index in [0.29, 0.717) is 18.7 Å². The predicted octanol–water partition coefficient (Wildman–Crippen LogP) is 1.28. The highest BCUT2D eigenvalue weighted by molar-refractivity contribution is 5.61. The van der Waals surface area contributed by atoms with Crippen LogP contribution >= 0.6 is 0 Å². The zero-order chi connectivity index (χ0) is 13.1. The first-order valence-electron chi connectivity index (χ1n) is 5.80. The molecule has 2 rings (SSSR count). The van der Waals surface area contributed by atoms with Gasteiger partial charge in [-0.15, -0.1) is 0 Å². The standard InChI is InChI=1S/C13H15FN2O2/c1-18-10-5-9(8-17)16(7-10)13-4-2-3-12(14)11(13)6-15/h2-4,9-10,17H,5,7-8H2,1H3/t9-,10+/m0/s1. The van der Waals surface area contributed by atoms with Crippen LogP contribution in [0.5, 0.6) is 0 Å². The van der Waals surface area contributed by atoms with Gasteiger partial charge in [-0.2, -0.15) is 5.26 Å². The number of anilines is 1. The number of ether oxygens (including phenoxy) is 1. The molecule has 0 amide bonds. The van der Waals surface area contributed by atoms with Gasteiger partial charge in [0.15, 0.2) is 0 Å². The lowest BCUT2D eigenvalue weighted by Gasteiger charge is -2.25. The zero-order valence-corrected chi connectivity index (χ0v) is 10.1. The topological polar surface area (TPSA) is 56.5 Å². The summed E-state index contributed by atoms with van der Waals surface area (Å²) in [6.45, 7) is 0.515. The summed E-state index contributed by atoms with van der Waals surface area (Å²) in [5.74, 6) is -0.535. The fourth-order valence-corrected chi connectivity index (χ4v) is 2.38. The molecule has 2 atom stereocenters. The van der Waals surface area contributed by atoms with Crippen molar-refractivity contribution in [2.75, 3.05) is 25.2 Å². The Morgan fingerprint density at radius 3 is 3.00 bits per heavy atom. The van der Waals surface area contributed by atoms with Gasteiger partial charge in [0.25, 0.3) is 0 Å². The number of halogens is 1. The summed E-state index contributed by atoms with van der Waals surface area (Å²) in [6, 6.07) is 6.27. The molecule has 1 aliphatic rings. The van der Waals surface area contributed by atoms with E-state index >= 15 is 0 Å². The lowest BCUT2D eigenvalue weighted by molar-refractivity contribution is 0.115. The van der Waals surface area contributed by atoms with E-state index in [9.17, 15) is 9.50 Å². The molecule has 0 aromatic heterocycles. The van der Waals surface area contributed by atoms with Crippen molar-refractivity contribution < 1.29 is 14.2 Å². The van der Waals surface area contributed by atoms with Gasteiger partial charge in [-0.1, -0.05) is 6.07 Å². The molecular weight excluding hydrogens is 235 g/mol. The maximum atomic E-state index is 13.6. The van der Waals surface area contributed by atoms with Gasteiger partial charge in [0.2, 0.25) is 0 Å². The first kappa shape index (κ1) is 12.8. The third-order valence-corrected chi connectivity index (χ3v) is 3.33. The van der Waals surface area contributed by atoms with Crippen molar-refractivity contribution in [2.45, 2.75) is 18.6 Å². The van der Waals surface area contributed by atoms with Crippen molar-refractivity contribution in [2.24, 2.45) is 0 Å². The molecule has 0 aliphatic carbocycles. The molecule has 96 valence electrons. The monoisotopic (exact) mass is 250 g/mol. The second-order valence-corrected chi connectivity index (χ2v) is 4.33. The average molecular weight is 250 g/mol. The summed E-state index contributed by atoms with van der Waals surface area (Å²) >= 11 is 0. The molecule has 0 bridgehead atoms. The highest BCUT2D eigenvalue weighted by Crippen LogP contribution is 2.30. The third kappa shape index (κ3) is 2.17. The molecule has 4 nitrogen and oxygen atoms in total. The van der Waals surface area contributed by atoms with Crippen molar-refractivity contribution in [1.29, 1.82) is 5.26 Å². The van der Waals surface area contributed by atoms with Gasteiger partial charge >= 0.3 is 0 Å². The molecule has 5 heteroatoms. The van der Waals surface area contributed by atoms with Crippen LogP contribution in [0.1, 0.15) is 12.0 Å². The van der Waals surface area contributed by atoms with E-state index in [0.717, 1.165) is 0 Å². The van der Waals surface area contributed by atoms with Crippen molar-refractivity contribution in [3.63, 3.8) is 0 Å². The zero-order valence-electron chi connectivity index (χ0n) is 10.1. The van der Waals surface area contributed by atoms with Gasteiger partial charge in [-0.3, -0.25) is 0 Å². The van der Waals surface area contributed by atoms with Gasteiger partial charge < -0.3 is 14.7 Å². The van der Waals surface area contributed by atoms with Crippen LogP contribution in [-0.2, 0) is 4.74 Å². The van der Waals surface area contributed by atoms with E-state index < -0.39 is 5.82 Å². The van der Waals surface area contributed by atoms with Crippen LogP contribution in [0.2, 0.25) is 0 Å². The van der Waals surface area contributed by atoms with E-state index in [-0.39, 0.29) is 24.3 Å². The van der Waals surface area contributed by atoms with E-state index in [1.54, 1.807) is 19.2 Å². The third-order valence-electron chi connectivity index (χ3n) is 3.33. The average Bonchev–Trinajstić information content (AvgIpc) is 2.81. The minimum Gasteiger partial charge on any atom is -0.394 e. The highest BCUT2D eigenvalue weighted by Gasteiger charge is 2.33. The maximum Gasteiger partial charge on any atom is 0.143 e. The van der Waals surface area contributed by atoms with E-state index in [2.05, 4.69) is 0 Å². The summed E-state index contributed by atoms with van der Waals surface area (Å²) in [5, 5.41) is 18.4. The lowest BCUT2D eigenvalue weighted by atomic mass is 10.1. The molecule has 0 saturated carbocycles. The van der Waals surface area contributed by atoms with Crippen LogP contribution in [0.15, 0.2) is 18.2 Å². The van der Waals surface area contributed by atoms with Crippen LogP contribution in [0.4, 0.5) is 10.1 Å².